The number of anilines is 1. The molecule has 0 saturated carbocycles. The molecule has 118 valence electrons. The molecule has 23 heavy (non-hydrogen) atoms. The summed E-state index contributed by atoms with van der Waals surface area (Å²) in [5, 5.41) is 2.60. The number of halogens is 1. The molecule has 2 aromatic rings. The van der Waals surface area contributed by atoms with Gasteiger partial charge in [0.15, 0.2) is 0 Å². The van der Waals surface area contributed by atoms with Gasteiger partial charge in [-0.3, -0.25) is 14.9 Å². The SMILES string of the molecule is C[C@@H]1CN(CC(=O)Nc2ncccn2)C(=O)c2ccc(Br)cc21. The minimum Gasteiger partial charge on any atom is -0.329 e. The summed E-state index contributed by atoms with van der Waals surface area (Å²) in [4.78, 5) is 34.1. The first-order valence-corrected chi connectivity index (χ1v) is 7.99. The average molecular weight is 375 g/mol. The molecular weight excluding hydrogens is 360 g/mol. The predicted molar refractivity (Wildman–Crippen MR) is 89.1 cm³/mol. The van der Waals surface area contributed by atoms with Crippen LogP contribution in [0.15, 0.2) is 41.1 Å². The van der Waals surface area contributed by atoms with Crippen molar-refractivity contribution in [1.29, 1.82) is 0 Å². The molecule has 0 spiro atoms. The van der Waals surface area contributed by atoms with E-state index < -0.39 is 0 Å². The monoisotopic (exact) mass is 374 g/mol. The van der Waals surface area contributed by atoms with Crippen LogP contribution >= 0.6 is 15.9 Å². The smallest absolute Gasteiger partial charge is 0.254 e. The Hall–Kier alpha value is -2.28. The highest BCUT2D eigenvalue weighted by Gasteiger charge is 2.30. The lowest BCUT2D eigenvalue weighted by Gasteiger charge is -2.32. The lowest BCUT2D eigenvalue weighted by Crippen LogP contribution is -2.43. The number of aromatic nitrogens is 2. The highest BCUT2D eigenvalue weighted by atomic mass is 79.9. The predicted octanol–water partition coefficient (Wildman–Crippen LogP) is 2.44. The summed E-state index contributed by atoms with van der Waals surface area (Å²) in [6.07, 6.45) is 3.09. The molecule has 1 aromatic carbocycles. The standard InChI is InChI=1S/C16H15BrN4O2/c1-10-8-21(9-14(22)20-16-18-5-2-6-19-16)15(23)12-4-3-11(17)7-13(10)12/h2-7,10H,8-9H2,1H3,(H,18,19,20,22)/t10-/m1/s1. The maximum absolute atomic E-state index is 12.6. The van der Waals surface area contributed by atoms with Crippen molar-refractivity contribution in [3.05, 3.63) is 52.3 Å². The molecule has 7 heteroatoms. The number of carbonyl (C=O) groups is 2. The molecule has 1 N–H and O–H groups in total. The number of hydrogen-bond donors (Lipinski definition) is 1. The molecule has 1 aromatic heterocycles. The van der Waals surface area contributed by atoms with Gasteiger partial charge in [0, 0.05) is 29.0 Å². The largest absolute Gasteiger partial charge is 0.329 e. The van der Waals surface area contributed by atoms with Gasteiger partial charge in [0.1, 0.15) is 6.54 Å². The van der Waals surface area contributed by atoms with Gasteiger partial charge in [-0.15, -0.1) is 0 Å². The Morgan fingerprint density at radius 3 is 2.87 bits per heavy atom. The summed E-state index contributed by atoms with van der Waals surface area (Å²) in [7, 11) is 0. The Balaban J connectivity index is 1.73. The number of fused-ring (bicyclic) bond motifs is 1. The Labute approximate surface area is 142 Å². The molecule has 0 bridgehead atoms. The molecule has 2 heterocycles. The Morgan fingerprint density at radius 1 is 1.39 bits per heavy atom. The number of nitrogens with zero attached hydrogens (tertiary/aromatic N) is 3. The van der Waals surface area contributed by atoms with E-state index in [1.54, 1.807) is 29.4 Å². The minimum atomic E-state index is -0.308. The Bertz CT molecular complexity index is 751. The maximum atomic E-state index is 12.6. The fourth-order valence-electron chi connectivity index (χ4n) is 2.66. The number of carbonyl (C=O) groups excluding carboxylic acids is 2. The number of amides is 2. The van der Waals surface area contributed by atoms with Crippen LogP contribution in [0.25, 0.3) is 0 Å². The molecule has 2 amide bonds. The van der Waals surface area contributed by atoms with Crippen molar-refractivity contribution in [2.75, 3.05) is 18.4 Å². The second-order valence-corrected chi connectivity index (χ2v) is 6.35. The zero-order valence-corrected chi connectivity index (χ0v) is 14.1. The van der Waals surface area contributed by atoms with E-state index in [4.69, 9.17) is 0 Å². The fourth-order valence-corrected chi connectivity index (χ4v) is 3.03. The second-order valence-electron chi connectivity index (χ2n) is 5.44. The van der Waals surface area contributed by atoms with Gasteiger partial charge in [-0.2, -0.15) is 0 Å². The molecule has 1 aliphatic rings. The number of nitrogens with one attached hydrogen (secondary N) is 1. The summed E-state index contributed by atoms with van der Waals surface area (Å²) in [5.41, 5.74) is 1.66. The lowest BCUT2D eigenvalue weighted by atomic mass is 9.90. The van der Waals surface area contributed by atoms with Gasteiger partial charge in [-0.25, -0.2) is 9.97 Å². The van der Waals surface area contributed by atoms with Crippen molar-refractivity contribution in [2.24, 2.45) is 0 Å². The van der Waals surface area contributed by atoms with Crippen LogP contribution in [0.4, 0.5) is 5.95 Å². The first kappa shape index (κ1) is 15.6. The van der Waals surface area contributed by atoms with E-state index in [0.717, 1.165) is 10.0 Å². The zero-order valence-electron chi connectivity index (χ0n) is 12.5. The van der Waals surface area contributed by atoms with Crippen LogP contribution in [0, 0.1) is 0 Å². The molecule has 0 radical (unpaired) electrons. The van der Waals surface area contributed by atoms with E-state index in [2.05, 4.69) is 31.2 Å². The Morgan fingerprint density at radius 2 is 2.13 bits per heavy atom. The molecule has 3 rings (SSSR count). The first-order chi connectivity index (χ1) is 11.0. The summed E-state index contributed by atoms with van der Waals surface area (Å²) in [5.74, 6) is -0.0349. The van der Waals surface area contributed by atoms with Crippen LogP contribution in [-0.4, -0.2) is 39.8 Å². The molecular formula is C16H15BrN4O2. The van der Waals surface area contributed by atoms with E-state index in [9.17, 15) is 9.59 Å². The highest BCUT2D eigenvalue weighted by molar-refractivity contribution is 9.10. The van der Waals surface area contributed by atoms with Gasteiger partial charge in [0.05, 0.1) is 0 Å². The van der Waals surface area contributed by atoms with Crippen LogP contribution < -0.4 is 5.32 Å². The van der Waals surface area contributed by atoms with Crippen molar-refractivity contribution in [3.63, 3.8) is 0 Å². The van der Waals surface area contributed by atoms with Gasteiger partial charge in [-0.05, 0) is 35.7 Å². The van der Waals surface area contributed by atoms with Crippen LogP contribution in [0.5, 0.6) is 0 Å². The third kappa shape index (κ3) is 3.39. The van der Waals surface area contributed by atoms with E-state index in [1.807, 2.05) is 19.1 Å². The number of hydrogen-bond acceptors (Lipinski definition) is 4. The van der Waals surface area contributed by atoms with Crippen LogP contribution in [0.2, 0.25) is 0 Å². The fraction of sp³-hybridized carbons (Fsp3) is 0.250. The van der Waals surface area contributed by atoms with Crippen molar-refractivity contribution in [1.82, 2.24) is 14.9 Å². The quantitative estimate of drug-likeness (QED) is 0.894. The third-order valence-corrected chi connectivity index (χ3v) is 4.20. The molecule has 0 unspecified atom stereocenters. The minimum absolute atomic E-state index is 0.0169. The van der Waals surface area contributed by atoms with E-state index in [1.165, 1.54) is 0 Å². The van der Waals surface area contributed by atoms with Crippen LogP contribution in [0.3, 0.4) is 0 Å². The molecule has 1 aliphatic heterocycles. The number of rotatable bonds is 3. The van der Waals surface area contributed by atoms with Crippen LogP contribution in [-0.2, 0) is 4.79 Å². The van der Waals surface area contributed by atoms with Gasteiger partial charge in [-0.1, -0.05) is 22.9 Å². The second kappa shape index (κ2) is 6.45. The van der Waals surface area contributed by atoms with Crippen molar-refractivity contribution >= 4 is 33.7 Å². The summed E-state index contributed by atoms with van der Waals surface area (Å²) < 4.78 is 0.948. The molecule has 0 saturated heterocycles. The van der Waals surface area contributed by atoms with Crippen molar-refractivity contribution in [3.8, 4) is 0 Å². The molecule has 0 fully saturated rings. The van der Waals surface area contributed by atoms with Crippen LogP contribution in [0.1, 0.15) is 28.8 Å². The van der Waals surface area contributed by atoms with Gasteiger partial charge in [0.25, 0.3) is 5.91 Å². The normalized spacial score (nSPS) is 16.9. The van der Waals surface area contributed by atoms with E-state index in [-0.39, 0.29) is 30.2 Å². The number of benzene rings is 1. The van der Waals surface area contributed by atoms with E-state index in [0.29, 0.717) is 12.1 Å². The summed E-state index contributed by atoms with van der Waals surface area (Å²) in [6.45, 7) is 2.53. The average Bonchev–Trinajstić information content (AvgIpc) is 2.53. The highest BCUT2D eigenvalue weighted by Crippen LogP contribution is 2.30. The lowest BCUT2D eigenvalue weighted by molar-refractivity contribution is -0.117. The topological polar surface area (TPSA) is 75.2 Å². The summed E-state index contributed by atoms with van der Waals surface area (Å²) >= 11 is 3.43. The molecule has 0 aliphatic carbocycles. The van der Waals surface area contributed by atoms with Crippen molar-refractivity contribution < 1.29 is 9.59 Å². The van der Waals surface area contributed by atoms with Gasteiger partial charge >= 0.3 is 0 Å². The zero-order chi connectivity index (χ0) is 16.4. The third-order valence-electron chi connectivity index (χ3n) is 3.71. The van der Waals surface area contributed by atoms with Gasteiger partial charge < -0.3 is 4.90 Å². The summed E-state index contributed by atoms with van der Waals surface area (Å²) in [6, 6.07) is 7.27. The first-order valence-electron chi connectivity index (χ1n) is 7.20. The van der Waals surface area contributed by atoms with E-state index >= 15 is 0 Å². The van der Waals surface area contributed by atoms with Crippen molar-refractivity contribution in [2.45, 2.75) is 12.8 Å². The molecule has 1 atom stereocenters. The Kier molecular flexibility index (Phi) is 4.38. The maximum Gasteiger partial charge on any atom is 0.254 e. The van der Waals surface area contributed by atoms with Gasteiger partial charge in [0.2, 0.25) is 11.9 Å². The molecule has 6 nitrogen and oxygen atoms in total.